The number of aliphatic hydroxyl groups excluding tert-OH is 1. The van der Waals surface area contributed by atoms with Crippen molar-refractivity contribution in [1.82, 2.24) is 0 Å². The van der Waals surface area contributed by atoms with Gasteiger partial charge in [-0.2, -0.15) is 0 Å². The van der Waals surface area contributed by atoms with Crippen LogP contribution in [0.4, 0.5) is 0 Å². The SMILES string of the molecule is CCCCCCOC=C(C)C(=O)OCCO. The fraction of sp³-hybridized carbons (Fsp3) is 0.750. The Morgan fingerprint density at radius 2 is 2.00 bits per heavy atom. The quantitative estimate of drug-likeness (QED) is 0.285. The first-order valence-corrected chi connectivity index (χ1v) is 5.78. The molecule has 0 amide bonds. The number of aliphatic hydroxyl groups is 1. The molecule has 0 unspecified atom stereocenters. The number of rotatable bonds is 9. The molecule has 0 aliphatic heterocycles. The molecule has 94 valence electrons. The van der Waals surface area contributed by atoms with E-state index >= 15 is 0 Å². The molecule has 1 N–H and O–H groups in total. The Labute approximate surface area is 97.2 Å². The lowest BCUT2D eigenvalue weighted by Crippen LogP contribution is -2.09. The molecule has 0 rings (SSSR count). The molecular weight excluding hydrogens is 208 g/mol. The minimum Gasteiger partial charge on any atom is -0.501 e. The first kappa shape index (κ1) is 15.0. The first-order chi connectivity index (χ1) is 7.72. The van der Waals surface area contributed by atoms with Crippen LogP contribution in [0.15, 0.2) is 11.8 Å². The zero-order valence-corrected chi connectivity index (χ0v) is 10.2. The van der Waals surface area contributed by atoms with E-state index in [4.69, 9.17) is 14.6 Å². The van der Waals surface area contributed by atoms with Gasteiger partial charge < -0.3 is 14.6 Å². The third kappa shape index (κ3) is 8.29. The third-order valence-corrected chi connectivity index (χ3v) is 2.02. The summed E-state index contributed by atoms with van der Waals surface area (Å²) in [5.74, 6) is -0.442. The summed E-state index contributed by atoms with van der Waals surface area (Å²) in [5.41, 5.74) is 0.420. The van der Waals surface area contributed by atoms with Crippen LogP contribution in [0.3, 0.4) is 0 Å². The van der Waals surface area contributed by atoms with Crippen molar-refractivity contribution < 1.29 is 19.4 Å². The Kier molecular flexibility index (Phi) is 9.81. The molecule has 0 fully saturated rings. The van der Waals surface area contributed by atoms with E-state index < -0.39 is 5.97 Å². The molecule has 16 heavy (non-hydrogen) atoms. The molecule has 0 atom stereocenters. The maximum atomic E-state index is 11.2. The molecule has 4 nitrogen and oxygen atoms in total. The largest absolute Gasteiger partial charge is 0.501 e. The van der Waals surface area contributed by atoms with Gasteiger partial charge in [0.2, 0.25) is 0 Å². The number of hydrogen-bond acceptors (Lipinski definition) is 4. The lowest BCUT2D eigenvalue weighted by Gasteiger charge is -2.04. The lowest BCUT2D eigenvalue weighted by atomic mass is 10.2. The van der Waals surface area contributed by atoms with Crippen LogP contribution in [0, 0.1) is 0 Å². The van der Waals surface area contributed by atoms with E-state index in [9.17, 15) is 4.79 Å². The van der Waals surface area contributed by atoms with Crippen LogP contribution in [0.2, 0.25) is 0 Å². The van der Waals surface area contributed by atoms with Crippen molar-refractivity contribution in [1.29, 1.82) is 0 Å². The van der Waals surface area contributed by atoms with Gasteiger partial charge in [0.15, 0.2) is 0 Å². The van der Waals surface area contributed by atoms with Crippen molar-refractivity contribution in [3.63, 3.8) is 0 Å². The van der Waals surface area contributed by atoms with Gasteiger partial charge in [-0.25, -0.2) is 4.79 Å². The first-order valence-electron chi connectivity index (χ1n) is 5.78. The number of esters is 1. The van der Waals surface area contributed by atoms with Gasteiger partial charge in [0.1, 0.15) is 6.61 Å². The van der Waals surface area contributed by atoms with Crippen molar-refractivity contribution in [2.24, 2.45) is 0 Å². The van der Waals surface area contributed by atoms with Crippen LogP contribution in [0.25, 0.3) is 0 Å². The lowest BCUT2D eigenvalue weighted by molar-refractivity contribution is -0.140. The number of carbonyl (C=O) groups is 1. The van der Waals surface area contributed by atoms with Crippen molar-refractivity contribution >= 4 is 5.97 Å². The predicted molar refractivity (Wildman–Crippen MR) is 61.9 cm³/mol. The van der Waals surface area contributed by atoms with Crippen molar-refractivity contribution in [3.8, 4) is 0 Å². The fourth-order valence-corrected chi connectivity index (χ4v) is 1.10. The van der Waals surface area contributed by atoms with E-state index in [1.54, 1.807) is 6.92 Å². The topological polar surface area (TPSA) is 55.8 Å². The molecule has 0 aromatic carbocycles. The minimum absolute atomic E-state index is 0.0283. The van der Waals surface area contributed by atoms with Crippen LogP contribution >= 0.6 is 0 Å². The maximum Gasteiger partial charge on any atom is 0.336 e. The zero-order valence-electron chi connectivity index (χ0n) is 10.2. The summed E-state index contributed by atoms with van der Waals surface area (Å²) in [6, 6.07) is 0. The van der Waals surface area contributed by atoms with Gasteiger partial charge in [0, 0.05) is 0 Å². The van der Waals surface area contributed by atoms with Gasteiger partial charge in [0.25, 0.3) is 0 Å². The van der Waals surface area contributed by atoms with Crippen molar-refractivity contribution in [2.75, 3.05) is 19.8 Å². The summed E-state index contributed by atoms with van der Waals surface area (Å²) in [7, 11) is 0. The van der Waals surface area contributed by atoms with E-state index in [2.05, 4.69) is 6.92 Å². The van der Waals surface area contributed by atoms with Crippen LogP contribution in [-0.2, 0) is 14.3 Å². The Morgan fingerprint density at radius 3 is 2.62 bits per heavy atom. The minimum atomic E-state index is -0.442. The van der Waals surface area contributed by atoms with E-state index in [1.165, 1.54) is 19.1 Å². The van der Waals surface area contributed by atoms with Gasteiger partial charge in [-0.3, -0.25) is 0 Å². The summed E-state index contributed by atoms with van der Waals surface area (Å²) in [6.45, 7) is 4.29. The summed E-state index contributed by atoms with van der Waals surface area (Å²) in [5, 5.41) is 8.47. The molecule has 0 aromatic rings. The van der Waals surface area contributed by atoms with Crippen LogP contribution in [-0.4, -0.2) is 30.9 Å². The zero-order chi connectivity index (χ0) is 12.2. The summed E-state index contributed by atoms with van der Waals surface area (Å²) in [4.78, 5) is 11.2. The molecule has 0 radical (unpaired) electrons. The summed E-state index contributed by atoms with van der Waals surface area (Å²) < 4.78 is 9.93. The highest BCUT2D eigenvalue weighted by atomic mass is 16.5. The third-order valence-electron chi connectivity index (χ3n) is 2.02. The van der Waals surface area contributed by atoms with E-state index in [-0.39, 0.29) is 13.2 Å². The Bertz CT molecular complexity index is 211. The van der Waals surface area contributed by atoms with Gasteiger partial charge >= 0.3 is 5.97 Å². The molecule has 0 saturated heterocycles. The second-order valence-electron chi connectivity index (χ2n) is 3.59. The summed E-state index contributed by atoms with van der Waals surface area (Å²) >= 11 is 0. The van der Waals surface area contributed by atoms with Gasteiger partial charge in [-0.15, -0.1) is 0 Å². The standard InChI is InChI=1S/C12H22O4/c1-3-4-5-6-8-15-10-11(2)12(14)16-9-7-13/h10,13H,3-9H2,1-2H3. The second kappa shape index (κ2) is 10.5. The second-order valence-corrected chi connectivity index (χ2v) is 3.59. The molecule has 0 aliphatic rings. The molecule has 0 aliphatic carbocycles. The van der Waals surface area contributed by atoms with Crippen LogP contribution < -0.4 is 0 Å². The molecular formula is C12H22O4. The number of unbranched alkanes of at least 4 members (excludes halogenated alkanes) is 3. The monoisotopic (exact) mass is 230 g/mol. The predicted octanol–water partition coefficient (Wildman–Crippen LogP) is 2.02. The summed E-state index contributed by atoms with van der Waals surface area (Å²) in [6.07, 6.45) is 5.99. The highest BCUT2D eigenvalue weighted by Gasteiger charge is 2.04. The highest BCUT2D eigenvalue weighted by Crippen LogP contribution is 2.01. The molecule has 4 heteroatoms. The molecule has 0 spiro atoms. The Morgan fingerprint density at radius 1 is 1.25 bits per heavy atom. The molecule has 0 aromatic heterocycles. The van der Waals surface area contributed by atoms with E-state index in [1.807, 2.05) is 0 Å². The molecule has 0 bridgehead atoms. The number of ether oxygens (including phenoxy) is 2. The van der Waals surface area contributed by atoms with Gasteiger partial charge in [-0.1, -0.05) is 26.2 Å². The normalized spacial score (nSPS) is 11.3. The molecule has 0 heterocycles. The number of carbonyl (C=O) groups excluding carboxylic acids is 1. The maximum absolute atomic E-state index is 11.2. The van der Waals surface area contributed by atoms with Gasteiger partial charge in [0.05, 0.1) is 25.0 Å². The average Bonchev–Trinajstić information content (AvgIpc) is 2.30. The van der Waals surface area contributed by atoms with Gasteiger partial charge in [-0.05, 0) is 13.3 Å². The molecule has 0 saturated carbocycles. The van der Waals surface area contributed by atoms with Crippen LogP contribution in [0.1, 0.15) is 39.5 Å². The average molecular weight is 230 g/mol. The Hall–Kier alpha value is -1.03. The highest BCUT2D eigenvalue weighted by molar-refractivity contribution is 5.87. The van der Waals surface area contributed by atoms with Crippen molar-refractivity contribution in [2.45, 2.75) is 39.5 Å². The van der Waals surface area contributed by atoms with E-state index in [0.29, 0.717) is 12.2 Å². The smallest absolute Gasteiger partial charge is 0.336 e. The number of hydrogen-bond donors (Lipinski definition) is 1. The van der Waals surface area contributed by atoms with Crippen LogP contribution in [0.5, 0.6) is 0 Å². The van der Waals surface area contributed by atoms with E-state index in [0.717, 1.165) is 12.8 Å². The fourth-order valence-electron chi connectivity index (χ4n) is 1.10. The Balaban J connectivity index is 3.57. The van der Waals surface area contributed by atoms with Crippen molar-refractivity contribution in [3.05, 3.63) is 11.8 Å².